The molecule has 5 N–H and O–H groups in total. The zero-order valence-corrected chi connectivity index (χ0v) is 9.60. The fourth-order valence-electron chi connectivity index (χ4n) is 1.65. The molecule has 1 amide bonds. The van der Waals surface area contributed by atoms with Crippen LogP contribution in [0.3, 0.4) is 0 Å². The summed E-state index contributed by atoms with van der Waals surface area (Å²) in [5.74, 6) is 0.0714. The van der Waals surface area contributed by atoms with Gasteiger partial charge in [0.15, 0.2) is 6.04 Å². The van der Waals surface area contributed by atoms with E-state index in [2.05, 4.69) is 11.1 Å². The van der Waals surface area contributed by atoms with Crippen LogP contribution in [0.2, 0.25) is 0 Å². The van der Waals surface area contributed by atoms with Gasteiger partial charge in [-0.15, -0.1) is 0 Å². The molecule has 4 nitrogen and oxygen atoms in total. The second-order valence-electron chi connectivity index (χ2n) is 4.07. The van der Waals surface area contributed by atoms with Crippen molar-refractivity contribution in [3.05, 3.63) is 36.4 Å². The van der Waals surface area contributed by atoms with E-state index in [1.165, 1.54) is 0 Å². The van der Waals surface area contributed by atoms with E-state index in [9.17, 15) is 9.90 Å². The molecule has 0 aliphatic rings. The van der Waals surface area contributed by atoms with E-state index in [1.54, 1.807) is 19.1 Å². The smallest absolute Gasteiger partial charge is 0.282 e. The number of rotatable bonds is 2. The van der Waals surface area contributed by atoms with Crippen LogP contribution in [0, 0.1) is 0 Å². The van der Waals surface area contributed by atoms with Gasteiger partial charge in [-0.2, -0.15) is 0 Å². The third-order valence-corrected chi connectivity index (χ3v) is 2.61. The summed E-state index contributed by atoms with van der Waals surface area (Å²) in [7, 11) is 0. The largest absolute Gasteiger partial charge is 0.507 e. The number of aromatic hydroxyl groups is 1. The number of hydrogen-bond acceptors (Lipinski definition) is 2. The minimum absolute atomic E-state index is 0.138. The normalized spacial score (nSPS) is 12.4. The predicted molar refractivity (Wildman–Crippen MR) is 66.6 cm³/mol. The molecule has 0 saturated carbocycles. The summed E-state index contributed by atoms with van der Waals surface area (Å²) >= 11 is 0. The van der Waals surface area contributed by atoms with Crippen LogP contribution in [-0.2, 0) is 4.79 Å². The number of quaternary nitrogens is 1. The Morgan fingerprint density at radius 1 is 1.24 bits per heavy atom. The van der Waals surface area contributed by atoms with Crippen molar-refractivity contribution in [1.82, 2.24) is 0 Å². The van der Waals surface area contributed by atoms with Gasteiger partial charge in [-0.3, -0.25) is 4.79 Å². The SMILES string of the molecule is CC([NH3+])C(=O)Nc1ccc(O)c2ccccc12. The Bertz CT molecular complexity index is 564. The van der Waals surface area contributed by atoms with E-state index in [4.69, 9.17) is 0 Å². The summed E-state index contributed by atoms with van der Waals surface area (Å²) in [6.07, 6.45) is 0. The van der Waals surface area contributed by atoms with Gasteiger partial charge in [-0.05, 0) is 19.1 Å². The van der Waals surface area contributed by atoms with Gasteiger partial charge in [0, 0.05) is 16.5 Å². The average Bonchev–Trinajstić information content (AvgIpc) is 2.33. The van der Waals surface area contributed by atoms with Crippen molar-refractivity contribution in [2.75, 3.05) is 5.32 Å². The zero-order valence-electron chi connectivity index (χ0n) is 9.60. The van der Waals surface area contributed by atoms with Gasteiger partial charge in [-0.25, -0.2) is 0 Å². The first kappa shape index (κ1) is 11.4. The number of carbonyl (C=O) groups excluding carboxylic acids is 1. The first-order valence-electron chi connectivity index (χ1n) is 5.44. The Labute approximate surface area is 99.1 Å². The van der Waals surface area contributed by atoms with Crippen LogP contribution in [0.4, 0.5) is 5.69 Å². The number of benzene rings is 2. The second-order valence-corrected chi connectivity index (χ2v) is 4.07. The number of fused-ring (bicyclic) bond motifs is 1. The lowest BCUT2D eigenvalue weighted by Gasteiger charge is -2.10. The molecular weight excluding hydrogens is 216 g/mol. The monoisotopic (exact) mass is 231 g/mol. The molecule has 0 bridgehead atoms. The summed E-state index contributed by atoms with van der Waals surface area (Å²) in [6, 6.07) is 10.3. The lowest BCUT2D eigenvalue weighted by Crippen LogP contribution is -2.64. The summed E-state index contributed by atoms with van der Waals surface area (Å²) in [4.78, 5) is 11.6. The van der Waals surface area contributed by atoms with Crippen molar-refractivity contribution in [2.45, 2.75) is 13.0 Å². The van der Waals surface area contributed by atoms with Crippen molar-refractivity contribution in [1.29, 1.82) is 0 Å². The quantitative estimate of drug-likeness (QED) is 0.677. The highest BCUT2D eigenvalue weighted by atomic mass is 16.3. The van der Waals surface area contributed by atoms with E-state index < -0.39 is 0 Å². The van der Waals surface area contributed by atoms with E-state index in [-0.39, 0.29) is 17.7 Å². The van der Waals surface area contributed by atoms with Gasteiger partial charge >= 0.3 is 0 Å². The Kier molecular flexibility index (Phi) is 2.97. The average molecular weight is 231 g/mol. The number of nitrogens with one attached hydrogen (secondary N) is 1. The van der Waals surface area contributed by atoms with Crippen molar-refractivity contribution in [2.24, 2.45) is 0 Å². The van der Waals surface area contributed by atoms with Crippen LogP contribution in [0.15, 0.2) is 36.4 Å². The Balaban J connectivity index is 2.48. The number of phenols is 1. The van der Waals surface area contributed by atoms with Crippen molar-refractivity contribution >= 4 is 22.4 Å². The van der Waals surface area contributed by atoms with Crippen molar-refractivity contribution in [3.8, 4) is 5.75 Å². The standard InChI is InChI=1S/C13H14N2O2/c1-8(14)13(17)15-11-6-7-12(16)10-5-3-2-4-9(10)11/h2-8,16H,14H2,1H3,(H,15,17)/p+1. The number of amides is 1. The molecule has 2 rings (SSSR count). The fraction of sp³-hybridized carbons (Fsp3) is 0.154. The maximum absolute atomic E-state index is 11.6. The van der Waals surface area contributed by atoms with E-state index in [0.29, 0.717) is 5.69 Å². The summed E-state index contributed by atoms with van der Waals surface area (Å²) < 4.78 is 0. The maximum Gasteiger partial charge on any atom is 0.282 e. The Hall–Kier alpha value is -2.07. The van der Waals surface area contributed by atoms with Gasteiger partial charge in [0.2, 0.25) is 0 Å². The highest BCUT2D eigenvalue weighted by molar-refractivity contribution is 6.04. The molecule has 0 aromatic heterocycles. The van der Waals surface area contributed by atoms with Gasteiger partial charge in [0.1, 0.15) is 5.75 Å². The first-order chi connectivity index (χ1) is 8.09. The molecule has 0 heterocycles. The topological polar surface area (TPSA) is 77.0 Å². The molecule has 0 saturated heterocycles. The third kappa shape index (κ3) is 2.21. The summed E-state index contributed by atoms with van der Waals surface area (Å²) in [5, 5.41) is 14.1. The number of phenolic OH excluding ortho intramolecular Hbond substituents is 1. The van der Waals surface area contributed by atoms with E-state index in [0.717, 1.165) is 10.8 Å². The van der Waals surface area contributed by atoms with Crippen LogP contribution < -0.4 is 11.1 Å². The van der Waals surface area contributed by atoms with Crippen LogP contribution in [0.5, 0.6) is 5.75 Å². The molecule has 0 spiro atoms. The molecule has 0 aliphatic heterocycles. The lowest BCUT2D eigenvalue weighted by molar-refractivity contribution is -0.396. The lowest BCUT2D eigenvalue weighted by atomic mass is 10.1. The van der Waals surface area contributed by atoms with E-state index in [1.807, 2.05) is 24.3 Å². The fourth-order valence-corrected chi connectivity index (χ4v) is 1.65. The first-order valence-corrected chi connectivity index (χ1v) is 5.44. The molecule has 88 valence electrons. The molecule has 4 heteroatoms. The number of hydrogen-bond donors (Lipinski definition) is 3. The van der Waals surface area contributed by atoms with Crippen molar-refractivity contribution in [3.63, 3.8) is 0 Å². The highest BCUT2D eigenvalue weighted by Crippen LogP contribution is 2.30. The Morgan fingerprint density at radius 3 is 2.53 bits per heavy atom. The van der Waals surface area contributed by atoms with Gasteiger partial charge in [-0.1, -0.05) is 24.3 Å². The molecule has 2 aromatic rings. The van der Waals surface area contributed by atoms with Gasteiger partial charge in [0.05, 0.1) is 0 Å². The van der Waals surface area contributed by atoms with Gasteiger partial charge in [0.25, 0.3) is 5.91 Å². The van der Waals surface area contributed by atoms with E-state index >= 15 is 0 Å². The number of anilines is 1. The molecule has 1 atom stereocenters. The molecule has 0 radical (unpaired) electrons. The third-order valence-electron chi connectivity index (χ3n) is 2.61. The van der Waals surface area contributed by atoms with Gasteiger partial charge < -0.3 is 16.2 Å². The number of carbonyl (C=O) groups is 1. The molecule has 0 aliphatic carbocycles. The molecule has 1 unspecified atom stereocenters. The zero-order chi connectivity index (χ0) is 12.4. The summed E-state index contributed by atoms with van der Waals surface area (Å²) in [6.45, 7) is 1.73. The van der Waals surface area contributed by atoms with Crippen molar-refractivity contribution < 1.29 is 15.6 Å². The minimum atomic E-state index is -0.317. The molecule has 17 heavy (non-hydrogen) atoms. The summed E-state index contributed by atoms with van der Waals surface area (Å²) in [5.41, 5.74) is 4.36. The maximum atomic E-state index is 11.6. The van der Waals surface area contributed by atoms with Crippen LogP contribution in [0.25, 0.3) is 10.8 Å². The molecular formula is C13H15N2O2+. The van der Waals surface area contributed by atoms with Crippen LogP contribution in [0.1, 0.15) is 6.92 Å². The highest BCUT2D eigenvalue weighted by Gasteiger charge is 2.13. The predicted octanol–water partition coefficient (Wildman–Crippen LogP) is 1.11. The van der Waals surface area contributed by atoms with Crippen LogP contribution >= 0.6 is 0 Å². The minimum Gasteiger partial charge on any atom is -0.507 e. The second kappa shape index (κ2) is 4.43. The molecule has 0 fully saturated rings. The molecule has 2 aromatic carbocycles. The van der Waals surface area contributed by atoms with Crippen LogP contribution in [-0.4, -0.2) is 17.1 Å². The Morgan fingerprint density at radius 2 is 1.88 bits per heavy atom.